The van der Waals surface area contributed by atoms with Crippen molar-refractivity contribution in [3.05, 3.63) is 58.1 Å². The second-order valence-corrected chi connectivity index (χ2v) is 4.67. The summed E-state index contributed by atoms with van der Waals surface area (Å²) in [7, 11) is 0. The highest BCUT2D eigenvalue weighted by molar-refractivity contribution is 9.10. The number of hydrogen-bond donors (Lipinski definition) is 2. The maximum atomic E-state index is 12.9. The van der Waals surface area contributed by atoms with Crippen molar-refractivity contribution in [1.29, 1.82) is 0 Å². The molecule has 20 heavy (non-hydrogen) atoms. The van der Waals surface area contributed by atoms with E-state index in [1.807, 2.05) is 0 Å². The molecule has 0 radical (unpaired) electrons. The third-order valence-electron chi connectivity index (χ3n) is 2.42. The molecule has 0 bridgehead atoms. The number of pyridine rings is 1. The molecule has 2 aromatic rings. The minimum Gasteiger partial charge on any atom is -0.477 e. The number of carbonyl (C=O) groups excluding carboxylic acids is 1. The molecule has 0 unspecified atom stereocenters. The third kappa shape index (κ3) is 3.18. The van der Waals surface area contributed by atoms with Gasteiger partial charge in [0.05, 0.1) is 5.69 Å². The van der Waals surface area contributed by atoms with Gasteiger partial charge in [-0.2, -0.15) is 0 Å². The largest absolute Gasteiger partial charge is 0.477 e. The first-order valence-electron chi connectivity index (χ1n) is 5.43. The lowest BCUT2D eigenvalue weighted by Gasteiger charge is -2.07. The molecule has 1 heterocycles. The van der Waals surface area contributed by atoms with Gasteiger partial charge in [-0.15, -0.1) is 0 Å². The molecule has 0 aliphatic rings. The van der Waals surface area contributed by atoms with Crippen LogP contribution in [0.4, 0.5) is 10.1 Å². The molecular weight excluding hydrogens is 331 g/mol. The maximum Gasteiger partial charge on any atom is 0.354 e. The summed E-state index contributed by atoms with van der Waals surface area (Å²) in [5.41, 5.74) is 0.300. The SMILES string of the molecule is O=C(Nc1ccc(F)cc1Br)c1ccnc(C(=O)O)c1. The summed E-state index contributed by atoms with van der Waals surface area (Å²) < 4.78 is 13.3. The maximum absolute atomic E-state index is 12.9. The number of benzene rings is 1. The van der Waals surface area contributed by atoms with Crippen molar-refractivity contribution in [3.8, 4) is 0 Å². The lowest BCUT2D eigenvalue weighted by Crippen LogP contribution is -2.13. The molecule has 2 rings (SSSR count). The highest BCUT2D eigenvalue weighted by atomic mass is 79.9. The van der Waals surface area contributed by atoms with Crippen LogP contribution in [0, 0.1) is 5.82 Å². The number of aromatic nitrogens is 1. The zero-order valence-corrected chi connectivity index (χ0v) is 11.5. The monoisotopic (exact) mass is 338 g/mol. The Morgan fingerprint density at radius 2 is 2.00 bits per heavy atom. The quantitative estimate of drug-likeness (QED) is 0.901. The topological polar surface area (TPSA) is 79.3 Å². The van der Waals surface area contributed by atoms with E-state index in [0.29, 0.717) is 10.2 Å². The van der Waals surface area contributed by atoms with Crippen molar-refractivity contribution in [2.75, 3.05) is 5.32 Å². The van der Waals surface area contributed by atoms with Gasteiger partial charge in [0.2, 0.25) is 0 Å². The Labute approximate surface area is 121 Å². The molecule has 102 valence electrons. The number of amides is 1. The fourth-order valence-corrected chi connectivity index (χ4v) is 1.92. The van der Waals surface area contributed by atoms with Gasteiger partial charge >= 0.3 is 5.97 Å². The molecule has 1 aromatic carbocycles. The first kappa shape index (κ1) is 14.1. The number of carbonyl (C=O) groups is 2. The van der Waals surface area contributed by atoms with Gasteiger partial charge < -0.3 is 10.4 Å². The molecule has 0 spiro atoms. The summed E-state index contributed by atoms with van der Waals surface area (Å²) in [6.07, 6.45) is 1.23. The Hall–Kier alpha value is -2.28. The van der Waals surface area contributed by atoms with E-state index in [9.17, 15) is 14.0 Å². The van der Waals surface area contributed by atoms with E-state index < -0.39 is 17.7 Å². The summed E-state index contributed by atoms with van der Waals surface area (Å²) >= 11 is 3.12. The lowest BCUT2D eigenvalue weighted by atomic mass is 10.2. The van der Waals surface area contributed by atoms with Crippen LogP contribution in [0.2, 0.25) is 0 Å². The summed E-state index contributed by atoms with van der Waals surface area (Å²) in [5, 5.41) is 11.4. The Kier molecular flexibility index (Phi) is 4.09. The zero-order chi connectivity index (χ0) is 14.7. The third-order valence-corrected chi connectivity index (χ3v) is 3.08. The normalized spacial score (nSPS) is 10.1. The van der Waals surface area contributed by atoms with Gasteiger partial charge in [-0.25, -0.2) is 14.2 Å². The van der Waals surface area contributed by atoms with Crippen LogP contribution in [-0.4, -0.2) is 22.0 Å². The fraction of sp³-hybridized carbons (Fsp3) is 0. The van der Waals surface area contributed by atoms with E-state index in [1.54, 1.807) is 0 Å². The van der Waals surface area contributed by atoms with Crippen LogP contribution in [0.25, 0.3) is 0 Å². The molecule has 0 atom stereocenters. The van der Waals surface area contributed by atoms with Crippen molar-refractivity contribution in [3.63, 3.8) is 0 Å². The Balaban J connectivity index is 2.24. The van der Waals surface area contributed by atoms with Gasteiger partial charge in [-0.3, -0.25) is 4.79 Å². The van der Waals surface area contributed by atoms with E-state index in [1.165, 1.54) is 30.5 Å². The van der Waals surface area contributed by atoms with Gasteiger partial charge in [-0.1, -0.05) is 0 Å². The molecule has 7 heteroatoms. The van der Waals surface area contributed by atoms with Crippen LogP contribution in [0.15, 0.2) is 41.0 Å². The van der Waals surface area contributed by atoms with Crippen molar-refractivity contribution < 1.29 is 19.1 Å². The van der Waals surface area contributed by atoms with Crippen LogP contribution in [0.5, 0.6) is 0 Å². The molecule has 2 N–H and O–H groups in total. The molecule has 1 amide bonds. The van der Waals surface area contributed by atoms with E-state index in [0.717, 1.165) is 6.07 Å². The van der Waals surface area contributed by atoms with Crippen molar-refractivity contribution >= 4 is 33.5 Å². The molecule has 0 saturated carbocycles. The average molecular weight is 339 g/mol. The lowest BCUT2D eigenvalue weighted by molar-refractivity contribution is 0.0690. The van der Waals surface area contributed by atoms with Gasteiger partial charge in [0.25, 0.3) is 5.91 Å². The molecular formula is C13H8BrFN2O3. The number of aromatic carboxylic acids is 1. The summed E-state index contributed by atoms with van der Waals surface area (Å²) in [6.45, 7) is 0. The minimum atomic E-state index is -1.22. The number of halogens is 2. The average Bonchev–Trinajstić information content (AvgIpc) is 2.42. The summed E-state index contributed by atoms with van der Waals surface area (Å²) in [5.74, 6) is -2.17. The number of carboxylic acids is 1. The van der Waals surface area contributed by atoms with E-state index in [4.69, 9.17) is 5.11 Å². The number of carboxylic acid groups (broad SMARTS) is 1. The number of nitrogens with zero attached hydrogens (tertiary/aromatic N) is 1. The molecule has 1 aromatic heterocycles. The van der Waals surface area contributed by atoms with E-state index >= 15 is 0 Å². The molecule has 0 saturated heterocycles. The Morgan fingerprint density at radius 3 is 2.65 bits per heavy atom. The van der Waals surface area contributed by atoms with Crippen LogP contribution < -0.4 is 5.32 Å². The first-order chi connectivity index (χ1) is 9.47. The van der Waals surface area contributed by atoms with E-state index in [2.05, 4.69) is 26.2 Å². The van der Waals surface area contributed by atoms with Crippen LogP contribution in [0.3, 0.4) is 0 Å². The standard InChI is InChI=1S/C13H8BrFN2O3/c14-9-6-8(15)1-2-10(9)17-12(18)7-3-4-16-11(5-7)13(19)20/h1-6H,(H,17,18)(H,19,20). The van der Waals surface area contributed by atoms with Crippen LogP contribution in [-0.2, 0) is 0 Å². The van der Waals surface area contributed by atoms with Gasteiger partial charge in [0.1, 0.15) is 11.5 Å². The van der Waals surface area contributed by atoms with Crippen LogP contribution in [0.1, 0.15) is 20.8 Å². The van der Waals surface area contributed by atoms with Gasteiger partial charge in [-0.05, 0) is 46.3 Å². The van der Waals surface area contributed by atoms with Crippen molar-refractivity contribution in [2.45, 2.75) is 0 Å². The number of anilines is 1. The molecule has 5 nitrogen and oxygen atoms in total. The molecule has 0 fully saturated rings. The van der Waals surface area contributed by atoms with Gasteiger partial charge in [0.15, 0.2) is 0 Å². The molecule has 0 aliphatic carbocycles. The van der Waals surface area contributed by atoms with Gasteiger partial charge in [0, 0.05) is 16.2 Å². The number of rotatable bonds is 3. The van der Waals surface area contributed by atoms with Crippen LogP contribution >= 0.6 is 15.9 Å². The van der Waals surface area contributed by atoms with Crippen molar-refractivity contribution in [2.24, 2.45) is 0 Å². The summed E-state index contributed by atoms with van der Waals surface area (Å²) in [4.78, 5) is 26.4. The summed E-state index contributed by atoms with van der Waals surface area (Å²) in [6, 6.07) is 6.37. The number of nitrogens with one attached hydrogen (secondary N) is 1. The zero-order valence-electron chi connectivity index (χ0n) is 9.93. The highest BCUT2D eigenvalue weighted by Crippen LogP contribution is 2.23. The number of hydrogen-bond acceptors (Lipinski definition) is 3. The first-order valence-corrected chi connectivity index (χ1v) is 6.22. The minimum absolute atomic E-state index is 0.147. The predicted octanol–water partition coefficient (Wildman–Crippen LogP) is 2.93. The van der Waals surface area contributed by atoms with E-state index in [-0.39, 0.29) is 11.3 Å². The van der Waals surface area contributed by atoms with Crippen molar-refractivity contribution in [1.82, 2.24) is 4.98 Å². The Morgan fingerprint density at radius 1 is 1.25 bits per heavy atom. The second kappa shape index (κ2) is 5.79. The predicted molar refractivity (Wildman–Crippen MR) is 73.2 cm³/mol. The Bertz CT molecular complexity index is 691. The smallest absolute Gasteiger partial charge is 0.354 e. The fourth-order valence-electron chi connectivity index (χ4n) is 1.47. The highest BCUT2D eigenvalue weighted by Gasteiger charge is 2.12. The molecule has 0 aliphatic heterocycles. The second-order valence-electron chi connectivity index (χ2n) is 3.81.